The molecule has 0 aliphatic heterocycles. The highest BCUT2D eigenvalue weighted by Gasteiger charge is 2.06. The average molecular weight is 233 g/mol. The first kappa shape index (κ1) is 11.3. The maximum absolute atomic E-state index is 9.64. The normalized spacial score (nSPS) is 10.5. The fourth-order valence-corrected chi connectivity index (χ4v) is 1.68. The summed E-state index contributed by atoms with van der Waals surface area (Å²) in [5, 5.41) is 26.1. The van der Waals surface area contributed by atoms with Crippen molar-refractivity contribution >= 4 is 5.82 Å². The van der Waals surface area contributed by atoms with E-state index in [1.165, 1.54) is 6.07 Å². The van der Waals surface area contributed by atoms with Gasteiger partial charge in [-0.2, -0.15) is 5.10 Å². The second-order valence-corrected chi connectivity index (χ2v) is 3.97. The first-order valence-corrected chi connectivity index (χ1v) is 5.31. The molecule has 0 bridgehead atoms. The third kappa shape index (κ3) is 2.33. The fraction of sp³-hybridized carbons (Fsp3) is 0.250. The molecule has 17 heavy (non-hydrogen) atoms. The molecule has 2 aromatic rings. The van der Waals surface area contributed by atoms with Gasteiger partial charge in [0, 0.05) is 30.8 Å². The van der Waals surface area contributed by atoms with Crippen molar-refractivity contribution in [2.45, 2.75) is 13.5 Å². The molecule has 90 valence electrons. The van der Waals surface area contributed by atoms with Crippen LogP contribution in [0.1, 0.15) is 11.1 Å². The molecule has 0 spiro atoms. The predicted molar refractivity (Wildman–Crippen MR) is 65.0 cm³/mol. The Morgan fingerprint density at radius 1 is 1.35 bits per heavy atom. The molecular weight excluding hydrogens is 218 g/mol. The van der Waals surface area contributed by atoms with Crippen molar-refractivity contribution in [1.29, 1.82) is 0 Å². The van der Waals surface area contributed by atoms with Crippen LogP contribution in [0.15, 0.2) is 24.4 Å². The van der Waals surface area contributed by atoms with Gasteiger partial charge in [-0.15, -0.1) is 0 Å². The molecular formula is C12H15N3O2. The Morgan fingerprint density at radius 3 is 2.71 bits per heavy atom. The summed E-state index contributed by atoms with van der Waals surface area (Å²) < 4.78 is 1.74. The van der Waals surface area contributed by atoms with Gasteiger partial charge in [-0.1, -0.05) is 0 Å². The first-order chi connectivity index (χ1) is 8.08. The summed E-state index contributed by atoms with van der Waals surface area (Å²) in [6.07, 6.45) is 1.78. The summed E-state index contributed by atoms with van der Waals surface area (Å²) in [5.41, 5.74) is 1.77. The second-order valence-electron chi connectivity index (χ2n) is 3.97. The van der Waals surface area contributed by atoms with E-state index in [0.717, 1.165) is 16.9 Å². The van der Waals surface area contributed by atoms with Gasteiger partial charge in [-0.25, -0.2) is 0 Å². The molecule has 3 N–H and O–H groups in total. The molecule has 0 fully saturated rings. The lowest BCUT2D eigenvalue weighted by Crippen LogP contribution is -2.05. The zero-order valence-electron chi connectivity index (χ0n) is 9.81. The number of nitrogens with one attached hydrogen (secondary N) is 1. The standard InChI is InChI=1S/C12H15N3O2/c1-8-6-14-15(2)12(8)13-7-9-3-4-10(16)5-11(9)17/h3-6,13,16-17H,7H2,1-2H3. The number of anilines is 1. The second kappa shape index (κ2) is 4.37. The first-order valence-electron chi connectivity index (χ1n) is 5.31. The summed E-state index contributed by atoms with van der Waals surface area (Å²) in [4.78, 5) is 0. The summed E-state index contributed by atoms with van der Waals surface area (Å²) in [6, 6.07) is 4.56. The molecule has 1 aromatic heterocycles. The van der Waals surface area contributed by atoms with Crippen molar-refractivity contribution in [3.63, 3.8) is 0 Å². The number of aryl methyl sites for hydroxylation is 2. The maximum Gasteiger partial charge on any atom is 0.127 e. The van der Waals surface area contributed by atoms with E-state index >= 15 is 0 Å². The van der Waals surface area contributed by atoms with E-state index in [1.807, 2.05) is 14.0 Å². The molecule has 2 rings (SSSR count). The van der Waals surface area contributed by atoms with Crippen LogP contribution >= 0.6 is 0 Å². The predicted octanol–water partition coefficient (Wildman–Crippen LogP) is 1.75. The SMILES string of the molecule is Cc1cnn(C)c1NCc1ccc(O)cc1O. The fourth-order valence-electron chi connectivity index (χ4n) is 1.68. The summed E-state index contributed by atoms with van der Waals surface area (Å²) in [6.45, 7) is 2.44. The monoisotopic (exact) mass is 233 g/mol. The number of hydrogen-bond donors (Lipinski definition) is 3. The molecule has 0 amide bonds. The molecule has 0 saturated carbocycles. The van der Waals surface area contributed by atoms with Crippen LogP contribution in [0.4, 0.5) is 5.82 Å². The molecule has 1 heterocycles. The topological polar surface area (TPSA) is 70.3 Å². The van der Waals surface area contributed by atoms with E-state index in [2.05, 4.69) is 10.4 Å². The average Bonchev–Trinajstić information content (AvgIpc) is 2.58. The van der Waals surface area contributed by atoms with Crippen molar-refractivity contribution in [2.75, 3.05) is 5.32 Å². The number of phenolic OH excluding ortho intramolecular Hbond substituents is 2. The Balaban J connectivity index is 2.13. The molecule has 0 radical (unpaired) electrons. The van der Waals surface area contributed by atoms with Crippen LogP contribution in [0.25, 0.3) is 0 Å². The van der Waals surface area contributed by atoms with Crippen LogP contribution in [0.5, 0.6) is 11.5 Å². The Bertz CT molecular complexity index is 515. The van der Waals surface area contributed by atoms with E-state index in [4.69, 9.17) is 0 Å². The largest absolute Gasteiger partial charge is 0.508 e. The Hall–Kier alpha value is -2.17. The lowest BCUT2D eigenvalue weighted by Gasteiger charge is -2.09. The molecule has 0 unspecified atom stereocenters. The summed E-state index contributed by atoms with van der Waals surface area (Å²) >= 11 is 0. The molecule has 0 atom stereocenters. The van der Waals surface area contributed by atoms with Gasteiger partial charge < -0.3 is 15.5 Å². The molecule has 0 saturated heterocycles. The number of nitrogens with zero attached hydrogens (tertiary/aromatic N) is 2. The minimum atomic E-state index is 0.0583. The third-order valence-corrected chi connectivity index (χ3v) is 2.64. The lowest BCUT2D eigenvalue weighted by molar-refractivity contribution is 0.446. The number of rotatable bonds is 3. The van der Waals surface area contributed by atoms with E-state index in [-0.39, 0.29) is 11.5 Å². The Kier molecular flexibility index (Phi) is 2.91. The highest BCUT2D eigenvalue weighted by Crippen LogP contribution is 2.23. The minimum absolute atomic E-state index is 0.0583. The van der Waals surface area contributed by atoms with Crippen LogP contribution in [-0.4, -0.2) is 20.0 Å². The number of phenols is 2. The van der Waals surface area contributed by atoms with Crippen LogP contribution in [0.3, 0.4) is 0 Å². The van der Waals surface area contributed by atoms with Crippen LogP contribution in [0.2, 0.25) is 0 Å². The Morgan fingerprint density at radius 2 is 2.12 bits per heavy atom. The van der Waals surface area contributed by atoms with Gasteiger partial charge in [0.05, 0.1) is 6.20 Å². The van der Waals surface area contributed by atoms with Crippen molar-refractivity contribution in [3.8, 4) is 11.5 Å². The van der Waals surface area contributed by atoms with Crippen LogP contribution in [-0.2, 0) is 13.6 Å². The van der Waals surface area contributed by atoms with Gasteiger partial charge in [0.15, 0.2) is 0 Å². The summed E-state index contributed by atoms with van der Waals surface area (Å²) in [5.74, 6) is 1.05. The van der Waals surface area contributed by atoms with Crippen LogP contribution in [0, 0.1) is 6.92 Å². The van der Waals surface area contributed by atoms with E-state index in [1.54, 1.807) is 23.0 Å². The molecule has 5 nitrogen and oxygen atoms in total. The molecule has 0 aliphatic carbocycles. The number of hydrogen-bond acceptors (Lipinski definition) is 4. The highest BCUT2D eigenvalue weighted by molar-refractivity contribution is 5.46. The number of benzene rings is 1. The van der Waals surface area contributed by atoms with Crippen molar-refractivity contribution in [3.05, 3.63) is 35.5 Å². The van der Waals surface area contributed by atoms with Gasteiger partial charge >= 0.3 is 0 Å². The zero-order valence-corrected chi connectivity index (χ0v) is 9.81. The Labute approximate surface area is 99.3 Å². The lowest BCUT2D eigenvalue weighted by atomic mass is 10.2. The third-order valence-electron chi connectivity index (χ3n) is 2.64. The van der Waals surface area contributed by atoms with Gasteiger partial charge in [0.2, 0.25) is 0 Å². The zero-order chi connectivity index (χ0) is 12.4. The van der Waals surface area contributed by atoms with Crippen molar-refractivity contribution in [2.24, 2.45) is 7.05 Å². The van der Waals surface area contributed by atoms with Crippen molar-refractivity contribution < 1.29 is 10.2 Å². The van der Waals surface area contributed by atoms with Crippen molar-refractivity contribution in [1.82, 2.24) is 9.78 Å². The molecule has 0 aliphatic rings. The van der Waals surface area contributed by atoms with Gasteiger partial charge in [0.1, 0.15) is 17.3 Å². The van der Waals surface area contributed by atoms with Crippen LogP contribution < -0.4 is 5.32 Å². The number of aromatic nitrogens is 2. The van der Waals surface area contributed by atoms with E-state index in [9.17, 15) is 10.2 Å². The molecule has 5 heteroatoms. The van der Waals surface area contributed by atoms with Gasteiger partial charge in [0.25, 0.3) is 0 Å². The maximum atomic E-state index is 9.64. The van der Waals surface area contributed by atoms with Gasteiger partial charge in [-0.05, 0) is 19.1 Å². The highest BCUT2D eigenvalue weighted by atomic mass is 16.3. The molecule has 1 aromatic carbocycles. The smallest absolute Gasteiger partial charge is 0.127 e. The summed E-state index contributed by atoms with van der Waals surface area (Å²) in [7, 11) is 1.85. The number of aromatic hydroxyl groups is 2. The minimum Gasteiger partial charge on any atom is -0.508 e. The van der Waals surface area contributed by atoms with E-state index < -0.39 is 0 Å². The van der Waals surface area contributed by atoms with E-state index in [0.29, 0.717) is 6.54 Å². The quantitative estimate of drug-likeness (QED) is 0.755. The van der Waals surface area contributed by atoms with Gasteiger partial charge in [-0.3, -0.25) is 4.68 Å².